The predicted molar refractivity (Wildman–Crippen MR) is 107 cm³/mol. The van der Waals surface area contributed by atoms with E-state index in [-0.39, 0.29) is 25.0 Å². The molecule has 0 radical (unpaired) electrons. The molecule has 1 aliphatic rings. The van der Waals surface area contributed by atoms with Gasteiger partial charge in [-0.1, -0.05) is 25.1 Å². The molecule has 1 fully saturated rings. The van der Waals surface area contributed by atoms with Crippen LogP contribution in [0.4, 0.5) is 0 Å². The van der Waals surface area contributed by atoms with Crippen molar-refractivity contribution in [1.29, 1.82) is 0 Å². The zero-order valence-corrected chi connectivity index (χ0v) is 16.9. The summed E-state index contributed by atoms with van der Waals surface area (Å²) in [6.45, 7) is 5.83. The molecule has 3 rings (SSSR count). The highest BCUT2D eigenvalue weighted by Crippen LogP contribution is 2.23. The van der Waals surface area contributed by atoms with Gasteiger partial charge in [-0.3, -0.25) is 9.59 Å². The largest absolute Gasteiger partial charge is 0.455 e. The lowest BCUT2D eigenvalue weighted by Crippen LogP contribution is -2.39. The Bertz CT molecular complexity index is 821. The first-order valence-electron chi connectivity index (χ1n) is 9.99. The van der Waals surface area contributed by atoms with E-state index in [4.69, 9.17) is 4.74 Å². The van der Waals surface area contributed by atoms with Gasteiger partial charge in [0.15, 0.2) is 6.61 Å². The van der Waals surface area contributed by atoms with E-state index in [9.17, 15) is 9.59 Å². The van der Waals surface area contributed by atoms with Crippen LogP contribution in [0.25, 0.3) is 5.69 Å². The molecule has 1 heterocycles. The van der Waals surface area contributed by atoms with E-state index in [2.05, 4.69) is 17.3 Å². The molecule has 6 nitrogen and oxygen atoms in total. The normalized spacial score (nSPS) is 19.2. The number of amides is 1. The van der Waals surface area contributed by atoms with Gasteiger partial charge in [0, 0.05) is 17.3 Å². The van der Waals surface area contributed by atoms with Crippen molar-refractivity contribution in [2.75, 3.05) is 6.61 Å². The summed E-state index contributed by atoms with van der Waals surface area (Å²) in [5, 5.41) is 7.52. The van der Waals surface area contributed by atoms with Gasteiger partial charge in [-0.05, 0) is 57.6 Å². The molecule has 2 aromatic rings. The van der Waals surface area contributed by atoms with Gasteiger partial charge in [-0.15, -0.1) is 0 Å². The van der Waals surface area contributed by atoms with Crippen molar-refractivity contribution >= 4 is 11.9 Å². The van der Waals surface area contributed by atoms with Crippen LogP contribution in [0.1, 0.15) is 49.6 Å². The van der Waals surface area contributed by atoms with E-state index in [1.807, 2.05) is 48.9 Å². The highest BCUT2D eigenvalue weighted by Gasteiger charge is 2.21. The minimum atomic E-state index is -0.411. The fraction of sp³-hybridized carbons (Fsp3) is 0.500. The minimum absolute atomic E-state index is 0.110. The lowest BCUT2D eigenvalue weighted by Gasteiger charge is -2.26. The first-order chi connectivity index (χ1) is 13.4. The Hall–Kier alpha value is -2.63. The number of para-hydroxylation sites is 1. The van der Waals surface area contributed by atoms with Gasteiger partial charge in [0.2, 0.25) is 0 Å². The predicted octanol–water partition coefficient (Wildman–Crippen LogP) is 3.27. The van der Waals surface area contributed by atoms with Crippen molar-refractivity contribution in [3.63, 3.8) is 0 Å². The zero-order valence-electron chi connectivity index (χ0n) is 16.9. The molecular formula is C22H29N3O3. The van der Waals surface area contributed by atoms with Crippen LogP contribution < -0.4 is 5.32 Å². The number of aryl methyl sites for hydroxylation is 1. The van der Waals surface area contributed by atoms with E-state index in [0.29, 0.717) is 0 Å². The molecule has 0 bridgehead atoms. The van der Waals surface area contributed by atoms with E-state index in [0.717, 1.165) is 54.2 Å². The van der Waals surface area contributed by atoms with Crippen LogP contribution in [0.3, 0.4) is 0 Å². The van der Waals surface area contributed by atoms with Crippen molar-refractivity contribution in [1.82, 2.24) is 15.1 Å². The van der Waals surface area contributed by atoms with Crippen molar-refractivity contribution in [2.24, 2.45) is 5.92 Å². The van der Waals surface area contributed by atoms with E-state index in [1.54, 1.807) is 0 Å². The fourth-order valence-corrected chi connectivity index (χ4v) is 3.77. The number of nitrogens with zero attached hydrogens (tertiary/aromatic N) is 2. The minimum Gasteiger partial charge on any atom is -0.455 e. The average Bonchev–Trinajstić information content (AvgIpc) is 2.97. The van der Waals surface area contributed by atoms with E-state index in [1.165, 1.54) is 0 Å². The second-order valence-electron chi connectivity index (χ2n) is 7.76. The molecule has 1 aromatic heterocycles. The van der Waals surface area contributed by atoms with Crippen LogP contribution >= 0.6 is 0 Å². The molecule has 0 unspecified atom stereocenters. The first kappa shape index (κ1) is 20.1. The Labute approximate surface area is 166 Å². The summed E-state index contributed by atoms with van der Waals surface area (Å²) in [4.78, 5) is 24.3. The number of ether oxygens (including phenoxy) is 1. The number of benzene rings is 1. The molecule has 1 N–H and O–H groups in total. The number of rotatable bonds is 6. The highest BCUT2D eigenvalue weighted by molar-refractivity contribution is 5.81. The Balaban J connectivity index is 1.52. The lowest BCUT2D eigenvalue weighted by atomic mass is 9.87. The quantitative estimate of drug-likeness (QED) is 0.777. The molecule has 150 valence electrons. The first-order valence-corrected chi connectivity index (χ1v) is 9.99. The SMILES string of the molecule is Cc1nn(-c2ccccc2)c(C)c1CC(=O)OCC(=O)NC1CCC(C)CC1. The number of carbonyl (C=O) groups is 2. The Morgan fingerprint density at radius 3 is 2.50 bits per heavy atom. The van der Waals surface area contributed by atoms with Crippen LogP contribution in [0.2, 0.25) is 0 Å². The molecule has 0 atom stereocenters. The van der Waals surface area contributed by atoms with Gasteiger partial charge >= 0.3 is 5.97 Å². The van der Waals surface area contributed by atoms with Crippen molar-refractivity contribution in [3.8, 4) is 5.69 Å². The Morgan fingerprint density at radius 2 is 1.82 bits per heavy atom. The molecule has 1 aliphatic carbocycles. The van der Waals surface area contributed by atoms with Crippen LogP contribution in [-0.2, 0) is 20.7 Å². The van der Waals surface area contributed by atoms with Gasteiger partial charge in [-0.2, -0.15) is 5.10 Å². The third kappa shape index (κ3) is 5.00. The number of aromatic nitrogens is 2. The molecule has 6 heteroatoms. The van der Waals surface area contributed by atoms with Crippen LogP contribution in [0.15, 0.2) is 30.3 Å². The number of carbonyl (C=O) groups excluding carboxylic acids is 2. The zero-order chi connectivity index (χ0) is 20.1. The summed E-state index contributed by atoms with van der Waals surface area (Å²) in [5.74, 6) is 0.0989. The summed E-state index contributed by atoms with van der Waals surface area (Å²) in [6, 6.07) is 10.00. The van der Waals surface area contributed by atoms with Gasteiger partial charge < -0.3 is 10.1 Å². The van der Waals surface area contributed by atoms with E-state index < -0.39 is 5.97 Å². The van der Waals surface area contributed by atoms with Crippen LogP contribution in [-0.4, -0.2) is 34.3 Å². The summed E-state index contributed by atoms with van der Waals surface area (Å²) in [7, 11) is 0. The van der Waals surface area contributed by atoms with Crippen LogP contribution in [0.5, 0.6) is 0 Å². The maximum atomic E-state index is 12.3. The molecule has 1 saturated carbocycles. The second kappa shape index (κ2) is 9.04. The smallest absolute Gasteiger partial charge is 0.310 e. The number of hydrogen-bond donors (Lipinski definition) is 1. The topological polar surface area (TPSA) is 73.2 Å². The summed E-state index contributed by atoms with van der Waals surface area (Å²) < 4.78 is 7.04. The number of esters is 1. The van der Waals surface area contributed by atoms with Crippen molar-refractivity contribution < 1.29 is 14.3 Å². The van der Waals surface area contributed by atoms with Crippen LogP contribution in [0, 0.1) is 19.8 Å². The molecule has 0 aliphatic heterocycles. The van der Waals surface area contributed by atoms with Gasteiger partial charge in [-0.25, -0.2) is 4.68 Å². The molecule has 28 heavy (non-hydrogen) atoms. The molecular weight excluding hydrogens is 354 g/mol. The number of nitrogens with one attached hydrogen (secondary N) is 1. The highest BCUT2D eigenvalue weighted by atomic mass is 16.5. The Kier molecular flexibility index (Phi) is 6.49. The maximum Gasteiger partial charge on any atom is 0.310 e. The second-order valence-corrected chi connectivity index (χ2v) is 7.76. The third-order valence-corrected chi connectivity index (χ3v) is 5.51. The van der Waals surface area contributed by atoms with Crippen molar-refractivity contribution in [3.05, 3.63) is 47.3 Å². The van der Waals surface area contributed by atoms with Gasteiger partial charge in [0.05, 0.1) is 17.8 Å². The van der Waals surface area contributed by atoms with Gasteiger partial charge in [0.1, 0.15) is 0 Å². The number of hydrogen-bond acceptors (Lipinski definition) is 4. The standard InChI is InChI=1S/C22H29N3O3/c1-15-9-11-18(12-10-15)23-21(26)14-28-22(27)13-20-16(2)24-25(17(20)3)19-7-5-4-6-8-19/h4-8,15,18H,9-14H2,1-3H3,(H,23,26). The monoisotopic (exact) mass is 383 g/mol. The average molecular weight is 383 g/mol. The lowest BCUT2D eigenvalue weighted by molar-refractivity contribution is -0.148. The summed E-state index contributed by atoms with van der Waals surface area (Å²) in [5.41, 5.74) is 3.49. The van der Waals surface area contributed by atoms with Gasteiger partial charge in [0.25, 0.3) is 5.91 Å². The molecule has 1 aromatic carbocycles. The van der Waals surface area contributed by atoms with Crippen molar-refractivity contribution in [2.45, 2.75) is 58.9 Å². The molecule has 0 saturated heterocycles. The molecule has 0 spiro atoms. The maximum absolute atomic E-state index is 12.3. The fourth-order valence-electron chi connectivity index (χ4n) is 3.77. The van der Waals surface area contributed by atoms with E-state index >= 15 is 0 Å². The third-order valence-electron chi connectivity index (χ3n) is 5.51. The summed E-state index contributed by atoms with van der Waals surface area (Å²) in [6.07, 6.45) is 4.37. The molecule has 1 amide bonds. The summed E-state index contributed by atoms with van der Waals surface area (Å²) >= 11 is 0. The Morgan fingerprint density at radius 1 is 1.14 bits per heavy atom.